The topological polar surface area (TPSA) is 107 Å². The molecule has 0 saturated heterocycles. The second kappa shape index (κ2) is 12.5. The van der Waals surface area contributed by atoms with Gasteiger partial charge < -0.3 is 20.1 Å². The van der Waals surface area contributed by atoms with E-state index in [4.69, 9.17) is 19.8 Å². The molecule has 0 aliphatic carbocycles. The van der Waals surface area contributed by atoms with E-state index in [2.05, 4.69) is 10.3 Å². The Morgan fingerprint density at radius 2 is 1.81 bits per heavy atom. The maximum Gasteiger partial charge on any atom is 2.00 e. The predicted octanol–water partition coefficient (Wildman–Crippen LogP) is 6.84. The summed E-state index contributed by atoms with van der Waals surface area (Å²) in [7, 11) is 0. The molecule has 0 amide bonds. The van der Waals surface area contributed by atoms with Gasteiger partial charge in [-0.25, -0.2) is 19.6 Å². The molecule has 0 unspecified atom stereocenters. The molecule has 0 spiro atoms. The van der Waals surface area contributed by atoms with Crippen LogP contribution in [-0.4, -0.2) is 35.1 Å². The zero-order valence-corrected chi connectivity index (χ0v) is 24.0. The molecule has 36 heavy (non-hydrogen) atoms. The normalized spacial score (nSPS) is 17.2. The van der Waals surface area contributed by atoms with Gasteiger partial charge in [0.25, 0.3) is 0 Å². The molecule has 0 radical (unpaired) electrons. The fourth-order valence-corrected chi connectivity index (χ4v) is 6.64. The van der Waals surface area contributed by atoms with Gasteiger partial charge in [0, 0.05) is 17.0 Å². The molecule has 0 bridgehead atoms. The smallest absolute Gasteiger partial charge is 0.658 e. The van der Waals surface area contributed by atoms with Crippen LogP contribution in [0, 0.1) is 0 Å². The first-order valence-electron chi connectivity index (χ1n) is 10.7. The summed E-state index contributed by atoms with van der Waals surface area (Å²) in [5, 5.41) is 15.6. The van der Waals surface area contributed by atoms with E-state index in [0.29, 0.717) is 31.2 Å². The maximum atomic E-state index is 12.9. The van der Waals surface area contributed by atoms with Crippen molar-refractivity contribution >= 4 is 70.3 Å². The van der Waals surface area contributed by atoms with Crippen LogP contribution in [0.2, 0.25) is 0 Å². The van der Waals surface area contributed by atoms with E-state index in [1.165, 1.54) is 46.2 Å². The van der Waals surface area contributed by atoms with Crippen molar-refractivity contribution in [2.45, 2.75) is 33.1 Å². The van der Waals surface area contributed by atoms with E-state index in [1.54, 1.807) is 26.2 Å². The maximum absolute atomic E-state index is 12.9. The molecule has 0 fully saturated rings. The first kappa shape index (κ1) is 28.5. The zero-order valence-electron chi connectivity index (χ0n) is 19.7. The number of allylic oxidation sites excluding steroid dienone is 1. The van der Waals surface area contributed by atoms with E-state index >= 15 is 0 Å². The Balaban J connectivity index is 0.00000361. The van der Waals surface area contributed by atoms with Crippen molar-refractivity contribution < 1.29 is 35.6 Å². The Kier molecular flexibility index (Phi) is 9.88. The van der Waals surface area contributed by atoms with Crippen LogP contribution in [0.3, 0.4) is 0 Å². The van der Waals surface area contributed by atoms with E-state index in [9.17, 15) is 9.59 Å². The van der Waals surface area contributed by atoms with Crippen LogP contribution in [-0.2, 0) is 36.2 Å². The van der Waals surface area contributed by atoms with Crippen molar-refractivity contribution in [3.63, 3.8) is 0 Å². The van der Waals surface area contributed by atoms with Gasteiger partial charge in [-0.3, -0.25) is 0 Å². The molecule has 4 rings (SSSR count). The first-order chi connectivity index (χ1) is 16.8. The Morgan fingerprint density at radius 3 is 2.44 bits per heavy atom. The minimum atomic E-state index is -0.902. The number of carbonyl (C=O) groups is 2. The molecular weight excluding hydrogens is 583 g/mol. The summed E-state index contributed by atoms with van der Waals surface area (Å²) in [6, 6.07) is 0. The molecule has 0 atom stereocenters. The SMILES string of the molecule is CCOC(=O)C1=C(C(C)(C)c2nc(/C=C3\[N-]C=CS3)sc2C(=O)OCC)[N-]/C(=C\c2nccs2)S1.[Ni+2]. The van der Waals surface area contributed by atoms with E-state index in [-0.39, 0.29) is 29.7 Å². The van der Waals surface area contributed by atoms with Gasteiger partial charge in [0.15, 0.2) is 0 Å². The van der Waals surface area contributed by atoms with Gasteiger partial charge in [0.05, 0.1) is 23.8 Å². The van der Waals surface area contributed by atoms with Crippen LogP contribution in [0.15, 0.2) is 43.8 Å². The van der Waals surface area contributed by atoms with Crippen LogP contribution >= 0.6 is 46.2 Å². The van der Waals surface area contributed by atoms with Gasteiger partial charge in [0.1, 0.15) is 14.9 Å². The van der Waals surface area contributed by atoms with Gasteiger partial charge in [-0.15, -0.1) is 51.9 Å². The van der Waals surface area contributed by atoms with Crippen molar-refractivity contribution in [2.24, 2.45) is 0 Å². The monoisotopic (exact) mass is 604 g/mol. The van der Waals surface area contributed by atoms with Gasteiger partial charge in [-0.05, 0) is 31.4 Å². The molecule has 8 nitrogen and oxygen atoms in total. The van der Waals surface area contributed by atoms with Crippen LogP contribution in [0.1, 0.15) is 53.1 Å². The number of thiazole rings is 2. The Hall–Kier alpha value is -2.05. The number of esters is 2. The van der Waals surface area contributed by atoms with Crippen molar-refractivity contribution in [2.75, 3.05) is 13.2 Å². The quantitative estimate of drug-likeness (QED) is 0.238. The van der Waals surface area contributed by atoms with Crippen molar-refractivity contribution in [3.05, 3.63) is 75.1 Å². The van der Waals surface area contributed by atoms with E-state index < -0.39 is 17.4 Å². The summed E-state index contributed by atoms with van der Waals surface area (Å²) >= 11 is 5.41. The molecule has 4 heterocycles. The molecule has 0 N–H and O–H groups in total. The molecular formula is C23H22N4NiO4S4. The van der Waals surface area contributed by atoms with Gasteiger partial charge in [-0.2, -0.15) is 6.20 Å². The summed E-state index contributed by atoms with van der Waals surface area (Å²) in [5.41, 5.74) is 0.0713. The number of carbonyl (C=O) groups excluding carboxylic acids is 2. The summed E-state index contributed by atoms with van der Waals surface area (Å²) in [4.78, 5) is 35.6. The molecule has 2 aliphatic rings. The molecule has 2 aliphatic heterocycles. The zero-order chi connectivity index (χ0) is 25.0. The Morgan fingerprint density at radius 1 is 1.08 bits per heavy atom. The van der Waals surface area contributed by atoms with Gasteiger partial charge in [-0.1, -0.05) is 23.9 Å². The standard InChI is InChI=1S/C23H24N4O4S4.Ni/c1-5-30-21(28)17-19(26-15(34-17)11-13-24-7-9-32-13)23(3,4)20-18(22(29)31-6-2)35-16(27-20)12-14-25-8-10-33-14;/h7-12H,5-6H2,1-4H3,(H2,24,25,26,27,28,29);/q;+2/p-2. The van der Waals surface area contributed by atoms with Crippen molar-refractivity contribution in [1.29, 1.82) is 0 Å². The summed E-state index contributed by atoms with van der Waals surface area (Å²) < 4.78 is 10.6. The van der Waals surface area contributed by atoms with Crippen LogP contribution in [0.4, 0.5) is 0 Å². The average Bonchev–Trinajstić information content (AvgIpc) is 3.62. The minimum absolute atomic E-state index is 0. The van der Waals surface area contributed by atoms with E-state index in [0.717, 1.165) is 10.0 Å². The van der Waals surface area contributed by atoms with Gasteiger partial charge in [0.2, 0.25) is 0 Å². The number of ether oxygens (including phenoxy) is 2. The Bertz CT molecular complexity index is 1240. The van der Waals surface area contributed by atoms with Gasteiger partial charge >= 0.3 is 28.4 Å². The fraction of sp³-hybridized carbons (Fsp3) is 0.304. The third kappa shape index (κ3) is 6.26. The largest absolute Gasteiger partial charge is 2.00 e. The van der Waals surface area contributed by atoms with Crippen molar-refractivity contribution in [1.82, 2.24) is 9.97 Å². The summed E-state index contributed by atoms with van der Waals surface area (Å²) in [6.45, 7) is 7.77. The molecule has 13 heteroatoms. The second-order valence-corrected chi connectivity index (χ2v) is 11.5. The molecule has 192 valence electrons. The third-order valence-corrected chi connectivity index (χ3v) is 8.20. The molecule has 0 saturated carbocycles. The van der Waals surface area contributed by atoms with Crippen LogP contribution in [0.5, 0.6) is 0 Å². The number of aromatic nitrogens is 2. The summed E-state index contributed by atoms with van der Waals surface area (Å²) in [5.74, 6) is -0.927. The second-order valence-electron chi connectivity index (χ2n) is 7.55. The third-order valence-electron chi connectivity index (χ3n) is 4.79. The summed E-state index contributed by atoms with van der Waals surface area (Å²) in [6.07, 6.45) is 7.07. The molecule has 2 aromatic heterocycles. The molecule has 0 aromatic carbocycles. The predicted molar refractivity (Wildman–Crippen MR) is 144 cm³/mol. The van der Waals surface area contributed by atoms with Crippen LogP contribution < -0.4 is 0 Å². The number of rotatable bonds is 8. The Labute approximate surface area is 236 Å². The molecule has 2 aromatic rings. The van der Waals surface area contributed by atoms with E-state index in [1.807, 2.05) is 36.8 Å². The van der Waals surface area contributed by atoms with Crippen molar-refractivity contribution in [3.8, 4) is 0 Å². The number of hydrogen-bond acceptors (Lipinski definition) is 10. The number of hydrogen-bond donors (Lipinski definition) is 0. The minimum Gasteiger partial charge on any atom is -0.658 e. The fourth-order valence-electron chi connectivity index (χ4n) is 3.25. The number of thioether (sulfide) groups is 2. The number of nitrogens with zero attached hydrogens (tertiary/aromatic N) is 4. The first-order valence-corrected chi connectivity index (χ1v) is 14.1. The van der Waals surface area contributed by atoms with Crippen LogP contribution in [0.25, 0.3) is 22.8 Å². The average molecular weight is 605 g/mol.